The van der Waals surface area contributed by atoms with Crippen LogP contribution in [0.2, 0.25) is 0 Å². The molecular formula is C20H16FN6O2P. The second-order valence-electron chi connectivity index (χ2n) is 7.06. The molecular weight excluding hydrogens is 406 g/mol. The van der Waals surface area contributed by atoms with E-state index in [0.29, 0.717) is 28.8 Å². The highest BCUT2D eigenvalue weighted by atomic mass is 31.2. The van der Waals surface area contributed by atoms with Gasteiger partial charge in [-0.2, -0.15) is 4.39 Å². The summed E-state index contributed by atoms with van der Waals surface area (Å²) in [6, 6.07) is 13.5. The van der Waals surface area contributed by atoms with Crippen LogP contribution in [0.15, 0.2) is 60.9 Å². The first-order chi connectivity index (χ1) is 14.4. The molecule has 1 unspecified atom stereocenters. The molecule has 0 radical (unpaired) electrons. The monoisotopic (exact) mass is 422 g/mol. The van der Waals surface area contributed by atoms with Gasteiger partial charge in [-0.3, -0.25) is 8.97 Å². The van der Waals surface area contributed by atoms with Crippen LogP contribution in [0, 0.1) is 5.95 Å². The van der Waals surface area contributed by atoms with Crippen molar-refractivity contribution < 1.29 is 13.8 Å². The summed E-state index contributed by atoms with van der Waals surface area (Å²) in [5, 5.41) is 8.56. The molecule has 1 aromatic carbocycles. The number of hydrogen-bond acceptors (Lipinski definition) is 5. The zero-order valence-electron chi connectivity index (χ0n) is 15.8. The molecule has 0 aliphatic carbocycles. The van der Waals surface area contributed by atoms with Gasteiger partial charge in [-0.25, -0.2) is 14.6 Å². The summed E-state index contributed by atoms with van der Waals surface area (Å²) in [5.74, 6) is -0.333. The molecule has 0 fully saturated rings. The minimum atomic E-state index is -3.31. The van der Waals surface area contributed by atoms with E-state index in [1.54, 1.807) is 47.4 Å². The maximum Gasteiger partial charge on any atom is 0.226 e. The van der Waals surface area contributed by atoms with E-state index in [4.69, 9.17) is 0 Å². The molecule has 0 spiro atoms. The van der Waals surface area contributed by atoms with E-state index < -0.39 is 7.37 Å². The van der Waals surface area contributed by atoms with Crippen LogP contribution in [0.5, 0.6) is 0 Å². The van der Waals surface area contributed by atoms with Crippen LogP contribution in [0.1, 0.15) is 5.56 Å². The first-order valence-corrected chi connectivity index (χ1v) is 11.2. The van der Waals surface area contributed by atoms with E-state index in [-0.39, 0.29) is 5.95 Å². The molecule has 1 N–H and O–H groups in total. The van der Waals surface area contributed by atoms with Crippen LogP contribution in [-0.4, -0.2) is 40.9 Å². The van der Waals surface area contributed by atoms with E-state index in [9.17, 15) is 13.8 Å². The first kappa shape index (κ1) is 18.6. The Morgan fingerprint density at radius 3 is 2.63 bits per heavy atom. The second-order valence-corrected chi connectivity index (χ2v) is 9.34. The molecule has 0 saturated heterocycles. The van der Waals surface area contributed by atoms with Crippen LogP contribution in [0.25, 0.3) is 28.1 Å². The normalized spacial score (nSPS) is 13.7. The van der Waals surface area contributed by atoms with Crippen molar-refractivity contribution in [3.63, 3.8) is 0 Å². The average Bonchev–Trinajstić information content (AvgIpc) is 3.31. The predicted molar refractivity (Wildman–Crippen MR) is 110 cm³/mol. The highest BCUT2D eigenvalue weighted by Gasteiger charge is 2.15. The Hall–Kier alpha value is -3.42. The van der Waals surface area contributed by atoms with E-state index in [1.165, 1.54) is 17.1 Å². The largest absolute Gasteiger partial charge is 0.341 e. The van der Waals surface area contributed by atoms with Crippen LogP contribution in [-0.2, 0) is 11.1 Å². The van der Waals surface area contributed by atoms with Gasteiger partial charge in [-0.1, -0.05) is 23.4 Å². The zero-order valence-corrected chi connectivity index (χ0v) is 16.7. The molecule has 0 saturated carbocycles. The Labute approximate surface area is 170 Å². The van der Waals surface area contributed by atoms with Crippen molar-refractivity contribution in [1.82, 2.24) is 29.4 Å². The molecule has 10 heteroatoms. The summed E-state index contributed by atoms with van der Waals surface area (Å²) in [6.07, 6.45) is 3.30. The molecule has 8 nitrogen and oxygen atoms in total. The van der Waals surface area contributed by atoms with Gasteiger partial charge in [-0.15, -0.1) is 5.10 Å². The van der Waals surface area contributed by atoms with Gasteiger partial charge in [0, 0.05) is 29.2 Å². The van der Waals surface area contributed by atoms with Crippen molar-refractivity contribution in [1.29, 1.82) is 0 Å². The van der Waals surface area contributed by atoms with Crippen LogP contribution < -0.4 is 5.30 Å². The number of fused-ring (bicyclic) bond motifs is 2. The van der Waals surface area contributed by atoms with Crippen molar-refractivity contribution in [3.8, 4) is 11.3 Å². The lowest BCUT2D eigenvalue weighted by Crippen LogP contribution is -2.05. The van der Waals surface area contributed by atoms with Gasteiger partial charge < -0.3 is 4.89 Å². The molecule has 0 bridgehead atoms. The third-order valence-corrected chi connectivity index (χ3v) is 6.12. The van der Waals surface area contributed by atoms with Gasteiger partial charge in [0.25, 0.3) is 0 Å². The van der Waals surface area contributed by atoms with Crippen molar-refractivity contribution >= 4 is 29.5 Å². The van der Waals surface area contributed by atoms with E-state index >= 15 is 0 Å². The Morgan fingerprint density at radius 1 is 1.10 bits per heavy atom. The van der Waals surface area contributed by atoms with Crippen LogP contribution in [0.3, 0.4) is 0 Å². The second kappa shape index (κ2) is 6.83. The smallest absolute Gasteiger partial charge is 0.226 e. The lowest BCUT2D eigenvalue weighted by molar-refractivity contribution is 0.496. The highest BCUT2D eigenvalue weighted by molar-refractivity contribution is 7.65. The summed E-state index contributed by atoms with van der Waals surface area (Å²) >= 11 is 0. The van der Waals surface area contributed by atoms with Crippen molar-refractivity contribution in [3.05, 3.63) is 72.4 Å². The Morgan fingerprint density at radius 2 is 1.87 bits per heavy atom. The minimum Gasteiger partial charge on any atom is -0.341 e. The molecule has 4 aromatic heterocycles. The number of rotatable bonds is 4. The topological polar surface area (TPSA) is 98.2 Å². The summed E-state index contributed by atoms with van der Waals surface area (Å²) in [4.78, 5) is 18.6. The van der Waals surface area contributed by atoms with Crippen LogP contribution in [0.4, 0.5) is 4.39 Å². The molecule has 0 aliphatic rings. The summed E-state index contributed by atoms with van der Waals surface area (Å²) in [7, 11) is -3.31. The van der Waals surface area contributed by atoms with E-state index in [1.807, 2.05) is 12.1 Å². The van der Waals surface area contributed by atoms with E-state index in [0.717, 1.165) is 16.6 Å². The number of hydrogen-bond donors (Lipinski definition) is 1. The van der Waals surface area contributed by atoms with Gasteiger partial charge >= 0.3 is 0 Å². The summed E-state index contributed by atoms with van der Waals surface area (Å²) in [6.45, 7) is 1.65. The van der Waals surface area contributed by atoms with Gasteiger partial charge in [0.15, 0.2) is 11.6 Å². The molecule has 1 atom stereocenters. The molecule has 0 amide bonds. The number of pyridine rings is 1. The molecule has 0 aliphatic heterocycles. The van der Waals surface area contributed by atoms with E-state index in [2.05, 4.69) is 20.3 Å². The van der Waals surface area contributed by atoms with Gasteiger partial charge in [0.2, 0.25) is 13.0 Å². The predicted octanol–water partition coefficient (Wildman–Crippen LogP) is 2.85. The molecule has 150 valence electrons. The number of nitrogens with zero attached hydrogens (tertiary/aromatic N) is 6. The van der Waals surface area contributed by atoms with Crippen LogP contribution >= 0.6 is 7.37 Å². The maximum atomic E-state index is 13.9. The number of aromatic nitrogens is 6. The van der Waals surface area contributed by atoms with Gasteiger partial charge in [0.05, 0.1) is 18.4 Å². The standard InChI is InChI=1S/C20H16FN6O2P/c1-30(28,29)16-7-3-14(4-8-16)17-10-22-19-20(23-17)27(25-24-19)12-13-2-5-15-6-9-18(21)26(15)11-13/h2-11H,12H2,1H3,(H,28,29). The number of benzene rings is 1. The number of halogens is 1. The fourth-order valence-corrected chi connectivity index (χ4v) is 3.99. The van der Waals surface area contributed by atoms with Gasteiger partial charge in [-0.05, 0) is 35.9 Å². The van der Waals surface area contributed by atoms with Gasteiger partial charge in [0.1, 0.15) is 0 Å². The fourth-order valence-electron chi connectivity index (χ4n) is 3.29. The van der Waals surface area contributed by atoms with Crippen molar-refractivity contribution in [2.75, 3.05) is 6.66 Å². The molecule has 5 aromatic rings. The third kappa shape index (κ3) is 3.28. The average molecular weight is 422 g/mol. The fraction of sp³-hybridized carbons (Fsp3) is 0.100. The molecule has 4 heterocycles. The first-order valence-electron chi connectivity index (χ1n) is 9.11. The zero-order chi connectivity index (χ0) is 20.9. The van der Waals surface area contributed by atoms with Crippen molar-refractivity contribution in [2.45, 2.75) is 6.54 Å². The molecule has 5 rings (SSSR count). The minimum absolute atomic E-state index is 0.333. The quantitative estimate of drug-likeness (QED) is 0.447. The Bertz CT molecular complexity index is 1440. The Balaban J connectivity index is 1.51. The lowest BCUT2D eigenvalue weighted by Gasteiger charge is -2.07. The Kier molecular flexibility index (Phi) is 4.23. The SMILES string of the molecule is CP(=O)(O)c1ccc(-c2cnc3nnn(Cc4ccc5ccc(F)n5c4)c3n2)cc1. The summed E-state index contributed by atoms with van der Waals surface area (Å²) < 4.78 is 28.7. The maximum absolute atomic E-state index is 13.9. The highest BCUT2D eigenvalue weighted by Crippen LogP contribution is 2.34. The third-order valence-electron chi connectivity index (χ3n) is 4.86. The summed E-state index contributed by atoms with van der Waals surface area (Å²) in [5.41, 5.74) is 3.84. The molecule has 30 heavy (non-hydrogen) atoms. The lowest BCUT2D eigenvalue weighted by atomic mass is 10.2. The van der Waals surface area contributed by atoms with Crippen molar-refractivity contribution in [2.24, 2.45) is 0 Å².